The summed E-state index contributed by atoms with van der Waals surface area (Å²) >= 11 is 1.35. The highest BCUT2D eigenvalue weighted by Gasteiger charge is 2.23. The van der Waals surface area contributed by atoms with Crippen molar-refractivity contribution in [2.24, 2.45) is 0 Å². The van der Waals surface area contributed by atoms with Crippen molar-refractivity contribution < 1.29 is 14.3 Å². The van der Waals surface area contributed by atoms with Crippen molar-refractivity contribution in [3.63, 3.8) is 0 Å². The molecule has 4 nitrogen and oxygen atoms in total. The molecule has 0 aromatic rings. The van der Waals surface area contributed by atoms with Crippen molar-refractivity contribution in [3.8, 4) is 0 Å². The molecular formula is C14H25NO3S. The molecule has 0 unspecified atom stereocenters. The quantitative estimate of drug-likeness (QED) is 0.675. The van der Waals surface area contributed by atoms with E-state index in [0.717, 1.165) is 19.4 Å². The van der Waals surface area contributed by atoms with E-state index in [1.165, 1.54) is 31.0 Å². The summed E-state index contributed by atoms with van der Waals surface area (Å²) in [6.07, 6.45) is 6.00. The standard InChI is InChI=1S/C14H25NO3S/c1-3-15(12-8-6-5-7-9-12)13(16)10-19-11-14(17)18-4-2/h12H,3-11H2,1-2H3. The molecule has 0 N–H and O–H groups in total. The lowest BCUT2D eigenvalue weighted by molar-refractivity contribution is -0.139. The number of hydrogen-bond acceptors (Lipinski definition) is 4. The van der Waals surface area contributed by atoms with Gasteiger partial charge < -0.3 is 9.64 Å². The first-order chi connectivity index (χ1) is 9.19. The Bertz CT molecular complexity index is 290. The summed E-state index contributed by atoms with van der Waals surface area (Å²) < 4.78 is 4.84. The smallest absolute Gasteiger partial charge is 0.315 e. The van der Waals surface area contributed by atoms with Crippen molar-refractivity contribution in [2.75, 3.05) is 24.7 Å². The van der Waals surface area contributed by atoms with E-state index in [2.05, 4.69) is 0 Å². The van der Waals surface area contributed by atoms with E-state index in [9.17, 15) is 9.59 Å². The van der Waals surface area contributed by atoms with E-state index in [-0.39, 0.29) is 17.6 Å². The minimum Gasteiger partial charge on any atom is -0.465 e. The average Bonchev–Trinajstić information content (AvgIpc) is 2.41. The lowest BCUT2D eigenvalue weighted by atomic mass is 9.94. The van der Waals surface area contributed by atoms with Gasteiger partial charge in [0.2, 0.25) is 5.91 Å². The van der Waals surface area contributed by atoms with Crippen LogP contribution in [-0.2, 0) is 14.3 Å². The van der Waals surface area contributed by atoms with Crippen molar-refractivity contribution in [3.05, 3.63) is 0 Å². The first-order valence-corrected chi connectivity index (χ1v) is 8.37. The lowest BCUT2D eigenvalue weighted by Gasteiger charge is -2.33. The Morgan fingerprint density at radius 2 is 1.84 bits per heavy atom. The molecule has 1 aliphatic carbocycles. The molecule has 5 heteroatoms. The fraction of sp³-hybridized carbons (Fsp3) is 0.857. The molecule has 0 aliphatic heterocycles. The maximum absolute atomic E-state index is 12.2. The molecule has 0 spiro atoms. The molecular weight excluding hydrogens is 262 g/mol. The summed E-state index contributed by atoms with van der Waals surface area (Å²) in [4.78, 5) is 25.3. The van der Waals surface area contributed by atoms with Crippen LogP contribution >= 0.6 is 11.8 Å². The van der Waals surface area contributed by atoms with Gasteiger partial charge in [0.15, 0.2) is 0 Å². The van der Waals surface area contributed by atoms with Crippen LogP contribution in [0.2, 0.25) is 0 Å². The fourth-order valence-electron chi connectivity index (χ4n) is 2.54. The van der Waals surface area contributed by atoms with Gasteiger partial charge in [-0.1, -0.05) is 19.3 Å². The van der Waals surface area contributed by atoms with Gasteiger partial charge in [-0.05, 0) is 26.7 Å². The van der Waals surface area contributed by atoms with Gasteiger partial charge in [0.25, 0.3) is 0 Å². The predicted octanol–water partition coefficient (Wildman–Crippen LogP) is 2.46. The zero-order valence-electron chi connectivity index (χ0n) is 12.0. The molecule has 0 atom stereocenters. The molecule has 0 aromatic carbocycles. The van der Waals surface area contributed by atoms with Gasteiger partial charge in [-0.15, -0.1) is 11.8 Å². The van der Waals surface area contributed by atoms with Crippen LogP contribution in [0.15, 0.2) is 0 Å². The van der Waals surface area contributed by atoms with Crippen LogP contribution in [0.1, 0.15) is 46.0 Å². The summed E-state index contributed by atoms with van der Waals surface area (Å²) in [6, 6.07) is 0.412. The molecule has 0 bridgehead atoms. The molecule has 1 rings (SSSR count). The number of hydrogen-bond donors (Lipinski definition) is 0. The minimum absolute atomic E-state index is 0.156. The van der Waals surface area contributed by atoms with E-state index >= 15 is 0 Å². The fourth-order valence-corrected chi connectivity index (χ4v) is 3.23. The summed E-state index contributed by atoms with van der Waals surface area (Å²) in [5.74, 6) is 0.565. The topological polar surface area (TPSA) is 46.6 Å². The molecule has 0 saturated heterocycles. The summed E-state index contributed by atoms with van der Waals surface area (Å²) in [6.45, 7) is 4.98. The van der Waals surface area contributed by atoms with Gasteiger partial charge in [-0.2, -0.15) is 0 Å². The van der Waals surface area contributed by atoms with Gasteiger partial charge in [0.05, 0.1) is 18.1 Å². The number of rotatable bonds is 7. The van der Waals surface area contributed by atoms with E-state index < -0.39 is 0 Å². The molecule has 1 saturated carbocycles. The average molecular weight is 287 g/mol. The second-order valence-corrected chi connectivity index (χ2v) is 5.76. The third kappa shape index (κ3) is 5.85. The van der Waals surface area contributed by atoms with Crippen LogP contribution in [0.5, 0.6) is 0 Å². The zero-order chi connectivity index (χ0) is 14.1. The van der Waals surface area contributed by atoms with Crippen molar-refractivity contribution in [2.45, 2.75) is 52.0 Å². The van der Waals surface area contributed by atoms with Crippen LogP contribution in [0.3, 0.4) is 0 Å². The number of carbonyl (C=O) groups excluding carboxylic acids is 2. The summed E-state index contributed by atoms with van der Waals surface area (Å²) in [5, 5.41) is 0. The number of nitrogens with zero attached hydrogens (tertiary/aromatic N) is 1. The molecule has 0 radical (unpaired) electrons. The Morgan fingerprint density at radius 3 is 2.42 bits per heavy atom. The highest BCUT2D eigenvalue weighted by atomic mass is 32.2. The molecule has 1 fully saturated rings. The predicted molar refractivity (Wildman–Crippen MR) is 78.2 cm³/mol. The first-order valence-electron chi connectivity index (χ1n) is 7.21. The third-order valence-electron chi connectivity index (χ3n) is 3.43. The van der Waals surface area contributed by atoms with Gasteiger partial charge in [0.1, 0.15) is 0 Å². The lowest BCUT2D eigenvalue weighted by Crippen LogP contribution is -2.42. The van der Waals surface area contributed by atoms with E-state index in [1.54, 1.807) is 6.92 Å². The van der Waals surface area contributed by atoms with E-state index in [0.29, 0.717) is 18.4 Å². The Balaban J connectivity index is 2.30. The SMILES string of the molecule is CCOC(=O)CSCC(=O)N(CC)C1CCCCC1. The van der Waals surface area contributed by atoms with Gasteiger partial charge in [-0.25, -0.2) is 0 Å². The number of thioether (sulfide) groups is 1. The second kappa shape index (κ2) is 9.23. The second-order valence-electron chi connectivity index (χ2n) is 4.77. The third-order valence-corrected chi connectivity index (χ3v) is 4.32. The maximum Gasteiger partial charge on any atom is 0.315 e. The Labute approximate surface area is 120 Å². The van der Waals surface area contributed by atoms with Crippen LogP contribution in [0.4, 0.5) is 0 Å². The van der Waals surface area contributed by atoms with Gasteiger partial charge in [-0.3, -0.25) is 9.59 Å². The number of esters is 1. The normalized spacial score (nSPS) is 16.1. The van der Waals surface area contributed by atoms with E-state index in [1.807, 2.05) is 11.8 Å². The van der Waals surface area contributed by atoms with Crippen molar-refractivity contribution in [1.29, 1.82) is 0 Å². The molecule has 1 amide bonds. The van der Waals surface area contributed by atoms with Crippen LogP contribution in [-0.4, -0.2) is 47.5 Å². The van der Waals surface area contributed by atoms with Gasteiger partial charge >= 0.3 is 5.97 Å². The molecule has 1 aliphatic rings. The van der Waals surface area contributed by atoms with Crippen LogP contribution in [0, 0.1) is 0 Å². The van der Waals surface area contributed by atoms with Crippen LogP contribution < -0.4 is 0 Å². The summed E-state index contributed by atoms with van der Waals surface area (Å²) in [5.41, 5.74) is 0. The van der Waals surface area contributed by atoms with Crippen molar-refractivity contribution in [1.82, 2.24) is 4.90 Å². The Kier molecular flexibility index (Phi) is 7.94. The Morgan fingerprint density at radius 1 is 1.16 bits per heavy atom. The summed E-state index contributed by atoms with van der Waals surface area (Å²) in [7, 11) is 0. The Hall–Kier alpha value is -0.710. The van der Waals surface area contributed by atoms with Gasteiger partial charge in [0, 0.05) is 12.6 Å². The molecule has 110 valence electrons. The molecule has 0 aromatic heterocycles. The van der Waals surface area contributed by atoms with Crippen molar-refractivity contribution >= 4 is 23.6 Å². The van der Waals surface area contributed by atoms with Crippen LogP contribution in [0.25, 0.3) is 0 Å². The monoisotopic (exact) mass is 287 g/mol. The number of amides is 1. The molecule has 0 heterocycles. The van der Waals surface area contributed by atoms with E-state index in [4.69, 9.17) is 4.74 Å². The molecule has 19 heavy (non-hydrogen) atoms. The number of ether oxygens (including phenoxy) is 1. The maximum atomic E-state index is 12.2. The zero-order valence-corrected chi connectivity index (χ0v) is 12.8. The largest absolute Gasteiger partial charge is 0.465 e. The minimum atomic E-state index is -0.235. The first kappa shape index (κ1) is 16.3. The highest BCUT2D eigenvalue weighted by Crippen LogP contribution is 2.23. The highest BCUT2D eigenvalue weighted by molar-refractivity contribution is 8.00. The number of carbonyl (C=O) groups is 2.